The largest absolute Gasteiger partial charge is 0.493 e. The van der Waals surface area contributed by atoms with Gasteiger partial charge in [0.25, 0.3) is 5.91 Å². The maximum absolute atomic E-state index is 12.2. The Hall–Kier alpha value is -2.77. The van der Waals surface area contributed by atoms with Crippen molar-refractivity contribution in [1.29, 1.82) is 0 Å². The van der Waals surface area contributed by atoms with Gasteiger partial charge in [-0.25, -0.2) is 0 Å². The van der Waals surface area contributed by atoms with Gasteiger partial charge in [0.1, 0.15) is 6.61 Å². The molecule has 156 valence electrons. The van der Waals surface area contributed by atoms with Crippen LogP contribution in [0.15, 0.2) is 42.5 Å². The van der Waals surface area contributed by atoms with Gasteiger partial charge in [-0.15, -0.1) is 0 Å². The molecule has 0 aliphatic heterocycles. The zero-order chi connectivity index (χ0) is 21.2. The summed E-state index contributed by atoms with van der Waals surface area (Å²) in [5.74, 6) is 0.431. The minimum atomic E-state index is -0.405. The number of carbonyl (C=O) groups is 2. The fourth-order valence-electron chi connectivity index (χ4n) is 2.58. The predicted molar refractivity (Wildman–Crippen MR) is 111 cm³/mol. The third kappa shape index (κ3) is 6.66. The molecular weight excluding hydrogens is 396 g/mol. The summed E-state index contributed by atoms with van der Waals surface area (Å²) in [6.45, 7) is 2.55. The van der Waals surface area contributed by atoms with E-state index in [4.69, 9.17) is 25.8 Å². The van der Waals surface area contributed by atoms with Crippen LogP contribution in [0.5, 0.6) is 11.5 Å². The Kier molecular flexibility index (Phi) is 8.76. The van der Waals surface area contributed by atoms with Crippen molar-refractivity contribution < 1.29 is 23.8 Å². The summed E-state index contributed by atoms with van der Waals surface area (Å²) < 4.78 is 15.9. The van der Waals surface area contributed by atoms with Crippen molar-refractivity contribution in [2.24, 2.45) is 0 Å². The number of amides is 2. The van der Waals surface area contributed by atoms with E-state index in [0.29, 0.717) is 35.3 Å². The van der Waals surface area contributed by atoms with Crippen LogP contribution >= 0.6 is 11.6 Å². The molecule has 2 N–H and O–H groups in total. The van der Waals surface area contributed by atoms with Crippen molar-refractivity contribution >= 4 is 23.4 Å². The Bertz CT molecular complexity index is 844. The lowest BCUT2D eigenvalue weighted by Gasteiger charge is -2.17. The molecule has 0 radical (unpaired) electrons. The van der Waals surface area contributed by atoms with Crippen LogP contribution < -0.4 is 20.1 Å². The molecule has 0 saturated heterocycles. The summed E-state index contributed by atoms with van der Waals surface area (Å²) in [5, 5.41) is 5.73. The fourth-order valence-corrected chi connectivity index (χ4v) is 2.81. The van der Waals surface area contributed by atoms with E-state index in [1.807, 2.05) is 13.0 Å². The van der Waals surface area contributed by atoms with Crippen molar-refractivity contribution in [2.45, 2.75) is 13.0 Å². The van der Waals surface area contributed by atoms with E-state index in [2.05, 4.69) is 10.6 Å². The molecule has 29 heavy (non-hydrogen) atoms. The van der Waals surface area contributed by atoms with Gasteiger partial charge in [-0.3, -0.25) is 9.59 Å². The van der Waals surface area contributed by atoms with Crippen molar-refractivity contribution in [3.63, 3.8) is 0 Å². The predicted octanol–water partition coefficient (Wildman–Crippen LogP) is 2.98. The second-order valence-corrected chi connectivity index (χ2v) is 6.61. The first-order valence-electron chi connectivity index (χ1n) is 9.08. The van der Waals surface area contributed by atoms with E-state index in [1.54, 1.807) is 50.6 Å². The summed E-state index contributed by atoms with van der Waals surface area (Å²) >= 11 is 5.99. The average molecular weight is 421 g/mol. The summed E-state index contributed by atoms with van der Waals surface area (Å²) in [5.41, 5.74) is 1.16. The molecule has 2 aromatic carbocycles. The zero-order valence-corrected chi connectivity index (χ0v) is 17.4. The molecule has 0 spiro atoms. The van der Waals surface area contributed by atoms with Crippen LogP contribution in [0.25, 0.3) is 0 Å². The van der Waals surface area contributed by atoms with Crippen LogP contribution in [-0.4, -0.2) is 45.8 Å². The number of methoxy groups -OCH3 is 2. The van der Waals surface area contributed by atoms with Gasteiger partial charge in [-0.05, 0) is 36.8 Å². The molecule has 0 aliphatic carbocycles. The fraction of sp³-hybridized carbons (Fsp3) is 0.333. The van der Waals surface area contributed by atoms with E-state index in [-0.39, 0.29) is 18.5 Å². The Morgan fingerprint density at radius 2 is 1.83 bits per heavy atom. The number of halogens is 1. The van der Waals surface area contributed by atoms with E-state index in [9.17, 15) is 9.59 Å². The maximum atomic E-state index is 12.2. The zero-order valence-electron chi connectivity index (χ0n) is 16.7. The first-order valence-corrected chi connectivity index (χ1v) is 9.45. The van der Waals surface area contributed by atoms with Crippen molar-refractivity contribution in [3.8, 4) is 11.5 Å². The number of benzene rings is 2. The van der Waals surface area contributed by atoms with Gasteiger partial charge >= 0.3 is 0 Å². The first-order chi connectivity index (χ1) is 14.0. The normalized spacial score (nSPS) is 11.4. The summed E-state index contributed by atoms with van der Waals surface area (Å²) in [4.78, 5) is 24.4. The lowest BCUT2D eigenvalue weighted by atomic mass is 10.1. The molecule has 2 aromatic rings. The van der Waals surface area contributed by atoms with Gasteiger partial charge in [-0.2, -0.15) is 0 Å². The molecule has 1 unspecified atom stereocenters. The first kappa shape index (κ1) is 22.5. The van der Waals surface area contributed by atoms with Crippen LogP contribution in [0.3, 0.4) is 0 Å². The standard InChI is InChI=1S/C21H25ClN2O5/c1-14(15-8-9-18(19(12-15)28-3)29-11-10-27-2)24-20(25)13-23-21(26)16-6-4-5-7-17(16)22/h4-9,12,14H,10-11,13H2,1-3H3,(H,23,26)(H,24,25). The molecule has 2 amide bonds. The summed E-state index contributed by atoms with van der Waals surface area (Å²) in [7, 11) is 3.15. The molecule has 0 aromatic heterocycles. The Morgan fingerprint density at radius 3 is 2.52 bits per heavy atom. The van der Waals surface area contributed by atoms with Crippen LogP contribution in [-0.2, 0) is 9.53 Å². The van der Waals surface area contributed by atoms with Crippen LogP contribution in [0, 0.1) is 0 Å². The monoisotopic (exact) mass is 420 g/mol. The third-order valence-corrected chi connectivity index (χ3v) is 4.47. The molecular formula is C21H25ClN2O5. The van der Waals surface area contributed by atoms with Gasteiger partial charge in [0.2, 0.25) is 5.91 Å². The molecule has 0 saturated carbocycles. The van der Waals surface area contributed by atoms with Crippen LogP contribution in [0.4, 0.5) is 0 Å². The second-order valence-electron chi connectivity index (χ2n) is 6.20. The van der Waals surface area contributed by atoms with Crippen LogP contribution in [0.1, 0.15) is 28.9 Å². The van der Waals surface area contributed by atoms with Crippen molar-refractivity contribution in [2.75, 3.05) is 34.0 Å². The molecule has 0 bridgehead atoms. The summed E-state index contributed by atoms with van der Waals surface area (Å²) in [6.07, 6.45) is 0. The van der Waals surface area contributed by atoms with Gasteiger partial charge in [0.15, 0.2) is 11.5 Å². The highest BCUT2D eigenvalue weighted by Crippen LogP contribution is 2.30. The molecule has 2 rings (SSSR count). The highest BCUT2D eigenvalue weighted by Gasteiger charge is 2.15. The number of ether oxygens (including phenoxy) is 3. The molecule has 0 aliphatic rings. The molecule has 1 atom stereocenters. The average Bonchev–Trinajstić information content (AvgIpc) is 2.72. The summed E-state index contributed by atoms with van der Waals surface area (Å²) in [6, 6.07) is 11.8. The van der Waals surface area contributed by atoms with E-state index < -0.39 is 5.91 Å². The van der Waals surface area contributed by atoms with Gasteiger partial charge in [-0.1, -0.05) is 29.8 Å². The highest BCUT2D eigenvalue weighted by molar-refractivity contribution is 6.33. The minimum absolute atomic E-state index is 0.163. The third-order valence-electron chi connectivity index (χ3n) is 4.14. The number of hydrogen-bond acceptors (Lipinski definition) is 5. The smallest absolute Gasteiger partial charge is 0.253 e. The van der Waals surface area contributed by atoms with Gasteiger partial charge in [0, 0.05) is 7.11 Å². The Balaban J connectivity index is 1.91. The Labute approximate surface area is 175 Å². The molecule has 8 heteroatoms. The highest BCUT2D eigenvalue weighted by atomic mass is 35.5. The van der Waals surface area contributed by atoms with Gasteiger partial charge in [0.05, 0.1) is 36.9 Å². The van der Waals surface area contributed by atoms with Gasteiger partial charge < -0.3 is 24.8 Å². The lowest BCUT2D eigenvalue weighted by Crippen LogP contribution is -2.38. The topological polar surface area (TPSA) is 85.9 Å². The quantitative estimate of drug-likeness (QED) is 0.577. The number of nitrogens with one attached hydrogen (secondary N) is 2. The molecule has 0 fully saturated rings. The van der Waals surface area contributed by atoms with E-state index >= 15 is 0 Å². The second kappa shape index (κ2) is 11.3. The van der Waals surface area contributed by atoms with E-state index in [1.165, 1.54) is 0 Å². The number of hydrogen-bond donors (Lipinski definition) is 2. The number of carbonyl (C=O) groups excluding carboxylic acids is 2. The minimum Gasteiger partial charge on any atom is -0.493 e. The Morgan fingerprint density at radius 1 is 1.07 bits per heavy atom. The number of rotatable bonds is 10. The molecule has 0 heterocycles. The van der Waals surface area contributed by atoms with Crippen LogP contribution in [0.2, 0.25) is 5.02 Å². The van der Waals surface area contributed by atoms with E-state index in [0.717, 1.165) is 5.56 Å². The SMILES string of the molecule is COCCOc1ccc(C(C)NC(=O)CNC(=O)c2ccccc2Cl)cc1OC. The maximum Gasteiger partial charge on any atom is 0.253 e. The lowest BCUT2D eigenvalue weighted by molar-refractivity contribution is -0.120. The van der Waals surface area contributed by atoms with Crippen molar-refractivity contribution in [3.05, 3.63) is 58.6 Å². The van der Waals surface area contributed by atoms with Crippen molar-refractivity contribution in [1.82, 2.24) is 10.6 Å². The molecule has 7 nitrogen and oxygen atoms in total.